The summed E-state index contributed by atoms with van der Waals surface area (Å²) >= 11 is 6.11. The Balaban J connectivity index is 2.36. The number of esters is 1. The van der Waals surface area contributed by atoms with Crippen LogP contribution in [-0.2, 0) is 9.53 Å². The molecule has 2 atom stereocenters. The zero-order valence-electron chi connectivity index (χ0n) is 12.3. The number of ether oxygens (including phenoxy) is 1. The summed E-state index contributed by atoms with van der Waals surface area (Å²) in [7, 11) is 0. The highest BCUT2D eigenvalue weighted by Crippen LogP contribution is 2.30. The van der Waals surface area contributed by atoms with Gasteiger partial charge in [0.25, 0.3) is 0 Å². The summed E-state index contributed by atoms with van der Waals surface area (Å²) in [5.74, 6) is -0.297. The van der Waals surface area contributed by atoms with Crippen LogP contribution in [0.5, 0.6) is 0 Å². The highest BCUT2D eigenvalue weighted by atomic mass is 32.2. The van der Waals surface area contributed by atoms with Gasteiger partial charge >= 0.3 is 5.97 Å². The number of allylic oxidation sites excluding steroid dienone is 1. The zero-order chi connectivity index (χ0) is 15.4. The molecule has 1 aromatic rings. The molecule has 0 saturated carbocycles. The quantitative estimate of drug-likeness (QED) is 0.452. The fourth-order valence-corrected chi connectivity index (χ4v) is 3.07. The number of rotatable bonds is 4. The highest BCUT2D eigenvalue weighted by Gasteiger charge is 2.31. The second-order valence-corrected chi connectivity index (χ2v) is 6.07. The molecule has 21 heavy (non-hydrogen) atoms. The Kier molecular flexibility index (Phi) is 5.61. The molecule has 1 aliphatic rings. The Bertz CT molecular complexity index is 543. The predicted molar refractivity (Wildman–Crippen MR) is 89.3 cm³/mol. The lowest BCUT2D eigenvalue weighted by Gasteiger charge is -2.32. The van der Waals surface area contributed by atoms with Crippen LogP contribution in [0.4, 0.5) is 0 Å². The average molecular weight is 324 g/mol. The molecule has 0 fully saturated rings. The van der Waals surface area contributed by atoms with E-state index in [4.69, 9.17) is 4.74 Å². The number of hydrogen-bond acceptors (Lipinski definition) is 6. The Labute approximate surface area is 135 Å². The van der Waals surface area contributed by atoms with Crippen LogP contribution in [0.25, 0.3) is 0 Å². The number of thiol groups is 1. The van der Waals surface area contributed by atoms with Gasteiger partial charge in [-0.25, -0.2) is 4.79 Å². The minimum Gasteiger partial charge on any atom is -0.463 e. The first-order chi connectivity index (χ1) is 10.1. The predicted octanol–water partition coefficient (Wildman–Crippen LogP) is 2.69. The summed E-state index contributed by atoms with van der Waals surface area (Å²) in [6.45, 7) is 4.04. The van der Waals surface area contributed by atoms with Gasteiger partial charge in [-0.2, -0.15) is 0 Å². The molecule has 0 radical (unpaired) electrons. The van der Waals surface area contributed by atoms with Gasteiger partial charge < -0.3 is 10.1 Å². The molecule has 1 aromatic carbocycles. The summed E-state index contributed by atoms with van der Waals surface area (Å²) in [5, 5.41) is 6.40. The standard InChI is InChI=1S/C15H20N2O2S2/c1-4-19-14(18)12-9(2)16-15(20)17-13(12)10-5-7-11(21-3)8-6-10/h5-8,13,15-17,20H,4H2,1-3H3. The molecular formula is C15H20N2O2S2. The molecule has 0 saturated heterocycles. The van der Waals surface area contributed by atoms with Crippen LogP contribution in [0.3, 0.4) is 0 Å². The Morgan fingerprint density at radius 2 is 2.05 bits per heavy atom. The van der Waals surface area contributed by atoms with E-state index < -0.39 is 0 Å². The molecule has 2 unspecified atom stereocenters. The van der Waals surface area contributed by atoms with Crippen molar-refractivity contribution in [2.24, 2.45) is 0 Å². The van der Waals surface area contributed by atoms with Crippen molar-refractivity contribution in [3.63, 3.8) is 0 Å². The van der Waals surface area contributed by atoms with Crippen molar-refractivity contribution < 1.29 is 9.53 Å². The highest BCUT2D eigenvalue weighted by molar-refractivity contribution is 7.98. The van der Waals surface area contributed by atoms with Crippen molar-refractivity contribution in [1.29, 1.82) is 0 Å². The van der Waals surface area contributed by atoms with Gasteiger partial charge in [0.15, 0.2) is 0 Å². The molecule has 0 aliphatic carbocycles. The molecule has 0 amide bonds. The Morgan fingerprint density at radius 1 is 1.38 bits per heavy atom. The number of benzene rings is 1. The lowest BCUT2D eigenvalue weighted by atomic mass is 9.96. The van der Waals surface area contributed by atoms with Crippen LogP contribution >= 0.6 is 24.4 Å². The SMILES string of the molecule is CCOC(=O)C1=C(C)NC(S)NC1c1ccc(SC)cc1. The molecule has 4 nitrogen and oxygen atoms in total. The van der Waals surface area contributed by atoms with Gasteiger partial charge in [0.05, 0.1) is 18.2 Å². The van der Waals surface area contributed by atoms with Crippen LogP contribution < -0.4 is 10.6 Å². The molecule has 0 bridgehead atoms. The van der Waals surface area contributed by atoms with Crippen LogP contribution in [-0.4, -0.2) is 24.3 Å². The Hall–Kier alpha value is -1.11. The third-order valence-electron chi connectivity index (χ3n) is 3.31. The maximum atomic E-state index is 12.2. The second kappa shape index (κ2) is 7.24. The fraction of sp³-hybridized carbons (Fsp3) is 0.400. The van der Waals surface area contributed by atoms with Gasteiger partial charge in [0, 0.05) is 10.6 Å². The van der Waals surface area contributed by atoms with E-state index in [2.05, 4.69) is 35.4 Å². The first-order valence-electron chi connectivity index (χ1n) is 6.79. The first-order valence-corrected chi connectivity index (χ1v) is 8.53. The Morgan fingerprint density at radius 3 is 2.62 bits per heavy atom. The summed E-state index contributed by atoms with van der Waals surface area (Å²) in [6.07, 6.45) is 2.04. The number of thioether (sulfide) groups is 1. The van der Waals surface area contributed by atoms with Crippen LogP contribution in [0, 0.1) is 0 Å². The van der Waals surface area contributed by atoms with E-state index >= 15 is 0 Å². The summed E-state index contributed by atoms with van der Waals surface area (Å²) in [6, 6.07) is 7.94. The number of carbonyl (C=O) groups excluding carboxylic acids is 1. The van der Waals surface area contributed by atoms with Gasteiger partial charge in [0.1, 0.15) is 5.50 Å². The lowest BCUT2D eigenvalue weighted by molar-refractivity contribution is -0.139. The fourth-order valence-electron chi connectivity index (χ4n) is 2.32. The van der Waals surface area contributed by atoms with Crippen LogP contribution in [0.1, 0.15) is 25.5 Å². The molecule has 1 aliphatic heterocycles. The topological polar surface area (TPSA) is 50.4 Å². The van der Waals surface area contributed by atoms with Crippen LogP contribution in [0.15, 0.2) is 40.4 Å². The van der Waals surface area contributed by atoms with E-state index in [1.54, 1.807) is 18.7 Å². The second-order valence-electron chi connectivity index (χ2n) is 4.68. The third kappa shape index (κ3) is 3.75. The summed E-state index contributed by atoms with van der Waals surface area (Å²) in [5.41, 5.74) is 2.23. The maximum absolute atomic E-state index is 12.2. The third-order valence-corrected chi connectivity index (χ3v) is 4.34. The van der Waals surface area contributed by atoms with E-state index in [0.29, 0.717) is 12.2 Å². The molecule has 1 heterocycles. The van der Waals surface area contributed by atoms with Crippen molar-refractivity contribution in [2.45, 2.75) is 30.3 Å². The van der Waals surface area contributed by atoms with Crippen molar-refractivity contribution in [3.05, 3.63) is 41.1 Å². The first kappa shape index (κ1) is 16.3. The lowest BCUT2D eigenvalue weighted by Crippen LogP contribution is -2.46. The van der Waals surface area contributed by atoms with Crippen LogP contribution in [0.2, 0.25) is 0 Å². The number of carbonyl (C=O) groups is 1. The maximum Gasteiger partial charge on any atom is 0.337 e. The van der Waals surface area contributed by atoms with Gasteiger partial charge in [-0.05, 0) is 37.8 Å². The molecule has 2 N–H and O–H groups in total. The van der Waals surface area contributed by atoms with E-state index in [1.165, 1.54) is 4.90 Å². The largest absolute Gasteiger partial charge is 0.463 e. The molecular weight excluding hydrogens is 304 g/mol. The monoisotopic (exact) mass is 324 g/mol. The number of hydrogen-bond donors (Lipinski definition) is 3. The normalized spacial score (nSPS) is 21.9. The van der Waals surface area contributed by atoms with Gasteiger partial charge in [-0.15, -0.1) is 24.4 Å². The molecule has 2 rings (SSSR count). The molecule has 0 spiro atoms. The molecule has 0 aromatic heterocycles. The number of nitrogens with one attached hydrogen (secondary N) is 2. The summed E-state index contributed by atoms with van der Waals surface area (Å²) < 4.78 is 5.18. The van der Waals surface area contributed by atoms with E-state index in [9.17, 15) is 4.79 Å². The molecule has 114 valence electrons. The zero-order valence-corrected chi connectivity index (χ0v) is 14.1. The van der Waals surface area contributed by atoms with Gasteiger partial charge in [0.2, 0.25) is 0 Å². The van der Waals surface area contributed by atoms with Gasteiger partial charge in [-0.1, -0.05) is 12.1 Å². The minimum atomic E-state index is -0.297. The van der Waals surface area contributed by atoms with E-state index in [-0.39, 0.29) is 17.5 Å². The average Bonchev–Trinajstić information content (AvgIpc) is 2.46. The van der Waals surface area contributed by atoms with E-state index in [1.807, 2.05) is 25.3 Å². The van der Waals surface area contributed by atoms with Crippen molar-refractivity contribution >= 4 is 30.4 Å². The minimum absolute atomic E-state index is 0.201. The smallest absolute Gasteiger partial charge is 0.337 e. The van der Waals surface area contributed by atoms with Gasteiger partial charge in [-0.3, -0.25) is 5.32 Å². The van der Waals surface area contributed by atoms with E-state index in [0.717, 1.165) is 11.3 Å². The van der Waals surface area contributed by atoms with Crippen molar-refractivity contribution in [1.82, 2.24) is 10.6 Å². The van der Waals surface area contributed by atoms with Crippen molar-refractivity contribution in [3.8, 4) is 0 Å². The summed E-state index contributed by atoms with van der Waals surface area (Å²) in [4.78, 5) is 13.4. The van der Waals surface area contributed by atoms with Crippen molar-refractivity contribution in [2.75, 3.05) is 12.9 Å². The molecule has 6 heteroatoms.